The second-order valence-electron chi connectivity index (χ2n) is 8.35. The van der Waals surface area contributed by atoms with E-state index < -0.39 is 10.0 Å². The molecule has 1 aliphatic rings. The molecule has 1 saturated heterocycles. The van der Waals surface area contributed by atoms with Crippen LogP contribution in [-0.4, -0.2) is 37.3 Å². The lowest BCUT2D eigenvalue weighted by atomic mass is 9.92. The van der Waals surface area contributed by atoms with Crippen molar-refractivity contribution in [3.63, 3.8) is 0 Å². The van der Waals surface area contributed by atoms with E-state index in [0.717, 1.165) is 36.7 Å². The minimum atomic E-state index is -3.61. The zero-order valence-electron chi connectivity index (χ0n) is 17.9. The number of rotatable bonds is 7. The Kier molecular flexibility index (Phi) is 6.94. The molecular formula is C22H26N4O3S3. The van der Waals surface area contributed by atoms with Crippen molar-refractivity contribution >= 4 is 49.4 Å². The lowest BCUT2D eigenvalue weighted by Gasteiger charge is -2.34. The Morgan fingerprint density at radius 1 is 1.12 bits per heavy atom. The average Bonchev–Trinajstić information content (AvgIpc) is 3.40. The van der Waals surface area contributed by atoms with Crippen molar-refractivity contribution in [1.29, 1.82) is 0 Å². The second-order valence-corrected chi connectivity index (χ2v) is 12.1. The van der Waals surface area contributed by atoms with Crippen molar-refractivity contribution < 1.29 is 13.2 Å². The molecule has 1 aliphatic heterocycles. The van der Waals surface area contributed by atoms with Crippen LogP contribution in [0.25, 0.3) is 0 Å². The van der Waals surface area contributed by atoms with E-state index in [9.17, 15) is 13.2 Å². The third-order valence-electron chi connectivity index (χ3n) is 5.26. The first kappa shape index (κ1) is 22.9. The summed E-state index contributed by atoms with van der Waals surface area (Å²) < 4.78 is 27.4. The molecule has 170 valence electrons. The van der Waals surface area contributed by atoms with Gasteiger partial charge in [-0.3, -0.25) is 19.7 Å². The summed E-state index contributed by atoms with van der Waals surface area (Å²) in [5.74, 6) is 1.10. The van der Waals surface area contributed by atoms with Gasteiger partial charge in [0.2, 0.25) is 0 Å². The van der Waals surface area contributed by atoms with Gasteiger partial charge in [0.05, 0.1) is 5.69 Å². The van der Waals surface area contributed by atoms with Gasteiger partial charge in [0.1, 0.15) is 4.21 Å². The van der Waals surface area contributed by atoms with E-state index in [1.807, 2.05) is 5.38 Å². The molecule has 0 spiro atoms. The number of nitrogens with one attached hydrogen (secondary N) is 2. The highest BCUT2D eigenvalue weighted by Crippen LogP contribution is 2.25. The van der Waals surface area contributed by atoms with Gasteiger partial charge in [-0.2, -0.15) is 0 Å². The molecule has 7 nitrogen and oxygen atoms in total. The number of benzene rings is 1. The predicted molar refractivity (Wildman–Crippen MR) is 130 cm³/mol. The Hall–Kier alpha value is -2.27. The number of hydrogen-bond acceptors (Lipinski definition) is 7. The maximum atomic E-state index is 12.6. The number of piperidine rings is 1. The number of amides is 1. The Balaban J connectivity index is 1.34. The zero-order chi connectivity index (χ0) is 22.7. The van der Waals surface area contributed by atoms with Crippen LogP contribution < -0.4 is 10.0 Å². The summed E-state index contributed by atoms with van der Waals surface area (Å²) in [6.45, 7) is 7.51. The molecule has 4 rings (SSSR count). The van der Waals surface area contributed by atoms with Gasteiger partial charge >= 0.3 is 0 Å². The molecule has 1 aromatic carbocycles. The SMILES string of the molecule is CC1CC(C)CN(Cc2csc(NC(=O)c3ccc(NS(=O)(=O)c4cccs4)cc3)n2)C1. The van der Waals surface area contributed by atoms with E-state index in [4.69, 9.17) is 0 Å². The van der Waals surface area contributed by atoms with Gasteiger partial charge in [-0.25, -0.2) is 13.4 Å². The lowest BCUT2D eigenvalue weighted by Crippen LogP contribution is -2.38. The molecule has 0 radical (unpaired) electrons. The fourth-order valence-corrected chi connectivity index (χ4v) is 6.82. The largest absolute Gasteiger partial charge is 0.298 e. The van der Waals surface area contributed by atoms with E-state index in [2.05, 4.69) is 33.8 Å². The van der Waals surface area contributed by atoms with Crippen LogP contribution in [0.3, 0.4) is 0 Å². The second kappa shape index (κ2) is 9.70. The van der Waals surface area contributed by atoms with Crippen molar-refractivity contribution in [2.75, 3.05) is 23.1 Å². The van der Waals surface area contributed by atoms with Crippen LogP contribution in [0.5, 0.6) is 0 Å². The molecule has 2 aromatic heterocycles. The Labute approximate surface area is 196 Å². The number of carbonyl (C=O) groups excluding carboxylic acids is 1. The Morgan fingerprint density at radius 3 is 2.50 bits per heavy atom. The zero-order valence-corrected chi connectivity index (χ0v) is 20.4. The van der Waals surface area contributed by atoms with Crippen LogP contribution in [0.4, 0.5) is 10.8 Å². The van der Waals surface area contributed by atoms with Gasteiger partial charge in [-0.1, -0.05) is 19.9 Å². The Morgan fingerprint density at radius 2 is 1.84 bits per heavy atom. The topological polar surface area (TPSA) is 91.4 Å². The molecule has 2 unspecified atom stereocenters. The molecule has 10 heteroatoms. The third kappa shape index (κ3) is 5.74. The fraction of sp³-hybridized carbons (Fsp3) is 0.364. The number of carbonyl (C=O) groups is 1. The molecule has 2 N–H and O–H groups in total. The van der Waals surface area contributed by atoms with Crippen molar-refractivity contribution in [2.45, 2.75) is 31.0 Å². The van der Waals surface area contributed by atoms with E-state index in [1.54, 1.807) is 41.8 Å². The summed E-state index contributed by atoms with van der Waals surface area (Å²) in [4.78, 5) is 19.6. The summed E-state index contributed by atoms with van der Waals surface area (Å²) >= 11 is 2.56. The van der Waals surface area contributed by atoms with Crippen molar-refractivity contribution in [3.05, 3.63) is 58.4 Å². The molecular weight excluding hydrogens is 464 g/mol. The highest BCUT2D eigenvalue weighted by molar-refractivity contribution is 7.94. The van der Waals surface area contributed by atoms with Crippen LogP contribution in [0, 0.1) is 11.8 Å². The molecule has 0 aliphatic carbocycles. The number of aromatic nitrogens is 1. The molecule has 2 atom stereocenters. The number of likely N-dealkylation sites (tertiary alicyclic amines) is 1. The summed E-state index contributed by atoms with van der Waals surface area (Å²) in [6.07, 6.45) is 1.27. The van der Waals surface area contributed by atoms with Gasteiger partial charge in [-0.15, -0.1) is 22.7 Å². The number of nitrogens with zero attached hydrogens (tertiary/aromatic N) is 2. The number of thiazole rings is 1. The third-order valence-corrected chi connectivity index (χ3v) is 8.85. The van der Waals surface area contributed by atoms with Crippen LogP contribution in [-0.2, 0) is 16.6 Å². The smallest absolute Gasteiger partial charge is 0.271 e. The van der Waals surface area contributed by atoms with Crippen LogP contribution in [0.2, 0.25) is 0 Å². The molecule has 3 heterocycles. The molecule has 0 saturated carbocycles. The van der Waals surface area contributed by atoms with Crippen LogP contribution >= 0.6 is 22.7 Å². The Bertz CT molecular complexity index is 1150. The first-order valence-electron chi connectivity index (χ1n) is 10.4. The summed E-state index contributed by atoms with van der Waals surface area (Å²) in [5, 5.41) is 7.09. The number of anilines is 2. The maximum absolute atomic E-state index is 12.6. The highest BCUT2D eigenvalue weighted by atomic mass is 32.2. The van der Waals surface area contributed by atoms with E-state index in [-0.39, 0.29) is 10.1 Å². The van der Waals surface area contributed by atoms with Crippen molar-refractivity contribution in [1.82, 2.24) is 9.88 Å². The molecule has 3 aromatic rings. The van der Waals surface area contributed by atoms with E-state index >= 15 is 0 Å². The summed E-state index contributed by atoms with van der Waals surface area (Å²) in [6, 6.07) is 9.56. The van der Waals surface area contributed by atoms with Gasteiger partial charge in [0, 0.05) is 36.3 Å². The minimum Gasteiger partial charge on any atom is -0.298 e. The highest BCUT2D eigenvalue weighted by Gasteiger charge is 2.22. The molecule has 1 fully saturated rings. The predicted octanol–water partition coefficient (Wildman–Crippen LogP) is 4.74. The number of hydrogen-bond donors (Lipinski definition) is 2. The summed E-state index contributed by atoms with van der Waals surface area (Å²) in [7, 11) is -3.61. The lowest BCUT2D eigenvalue weighted by molar-refractivity contribution is 0.102. The van der Waals surface area contributed by atoms with E-state index in [1.165, 1.54) is 17.8 Å². The molecule has 0 bridgehead atoms. The van der Waals surface area contributed by atoms with Gasteiger partial charge in [-0.05, 0) is 54.0 Å². The number of thiophene rings is 1. The molecule has 32 heavy (non-hydrogen) atoms. The average molecular weight is 491 g/mol. The first-order valence-corrected chi connectivity index (χ1v) is 13.7. The minimum absolute atomic E-state index is 0.243. The van der Waals surface area contributed by atoms with Crippen molar-refractivity contribution in [3.8, 4) is 0 Å². The number of sulfonamides is 1. The molecule has 1 amide bonds. The van der Waals surface area contributed by atoms with E-state index in [0.29, 0.717) is 28.2 Å². The first-order chi connectivity index (χ1) is 15.3. The monoisotopic (exact) mass is 490 g/mol. The quantitative estimate of drug-likeness (QED) is 0.499. The standard InChI is InChI=1S/C22H26N4O3S3/c1-15-10-16(2)12-26(11-15)13-19-14-31-22(23-19)24-21(27)17-5-7-18(8-6-17)25-32(28,29)20-4-3-9-30-20/h3-9,14-16,25H,10-13H2,1-2H3,(H,23,24,27). The van der Waals surface area contributed by atoms with Gasteiger partial charge < -0.3 is 0 Å². The van der Waals surface area contributed by atoms with Crippen molar-refractivity contribution in [2.24, 2.45) is 11.8 Å². The normalized spacial score (nSPS) is 19.6. The van der Waals surface area contributed by atoms with Crippen LogP contribution in [0.15, 0.2) is 51.4 Å². The van der Waals surface area contributed by atoms with Crippen LogP contribution in [0.1, 0.15) is 36.3 Å². The summed E-state index contributed by atoms with van der Waals surface area (Å²) in [5.41, 5.74) is 1.79. The fourth-order valence-electron chi connectivity index (χ4n) is 4.07. The van der Waals surface area contributed by atoms with Gasteiger partial charge in [0.25, 0.3) is 15.9 Å². The maximum Gasteiger partial charge on any atom is 0.271 e. The van der Waals surface area contributed by atoms with Gasteiger partial charge in [0.15, 0.2) is 5.13 Å².